The maximum absolute atomic E-state index is 13.4. The Morgan fingerprint density at radius 2 is 2.05 bits per heavy atom. The standard InChI is InChI=1S/C10H9FN4O4S2/c1-5-3-7(11)8(15(16)17)4-9(5)21(18,19)14-10-12-6(2)13-20-10/h3-4H,1-2H3,(H,12,13,14). The summed E-state index contributed by atoms with van der Waals surface area (Å²) in [6.07, 6.45) is 0. The van der Waals surface area contributed by atoms with E-state index in [-0.39, 0.29) is 15.6 Å². The van der Waals surface area contributed by atoms with Crippen molar-refractivity contribution >= 4 is 32.4 Å². The summed E-state index contributed by atoms with van der Waals surface area (Å²) < 4.78 is 43.8. The van der Waals surface area contributed by atoms with E-state index < -0.39 is 26.5 Å². The molecule has 0 saturated carbocycles. The van der Waals surface area contributed by atoms with Crippen molar-refractivity contribution in [3.05, 3.63) is 39.5 Å². The van der Waals surface area contributed by atoms with Gasteiger partial charge in [-0.15, -0.1) is 0 Å². The lowest BCUT2D eigenvalue weighted by atomic mass is 10.2. The van der Waals surface area contributed by atoms with Crippen LogP contribution in [0.5, 0.6) is 0 Å². The van der Waals surface area contributed by atoms with E-state index in [4.69, 9.17) is 0 Å². The predicted molar refractivity (Wildman–Crippen MR) is 73.2 cm³/mol. The number of rotatable bonds is 4. The molecule has 21 heavy (non-hydrogen) atoms. The number of aryl methyl sites for hydroxylation is 2. The van der Waals surface area contributed by atoms with E-state index in [2.05, 4.69) is 14.1 Å². The molecule has 0 aliphatic rings. The normalized spacial score (nSPS) is 11.4. The minimum absolute atomic E-state index is 0.0267. The number of hydrogen-bond acceptors (Lipinski definition) is 7. The molecule has 0 aliphatic carbocycles. The Labute approximate surface area is 123 Å². The molecule has 0 unspecified atom stereocenters. The Morgan fingerprint density at radius 1 is 1.38 bits per heavy atom. The Kier molecular flexibility index (Phi) is 3.87. The molecule has 0 bridgehead atoms. The molecular weight excluding hydrogens is 323 g/mol. The third-order valence-corrected chi connectivity index (χ3v) is 4.81. The fourth-order valence-electron chi connectivity index (χ4n) is 1.58. The maximum atomic E-state index is 13.4. The number of nitro groups is 1. The van der Waals surface area contributed by atoms with Gasteiger partial charge in [0.1, 0.15) is 5.82 Å². The van der Waals surface area contributed by atoms with Crippen molar-refractivity contribution in [3.63, 3.8) is 0 Å². The van der Waals surface area contributed by atoms with Crippen LogP contribution in [0.25, 0.3) is 0 Å². The zero-order valence-corrected chi connectivity index (χ0v) is 12.5. The van der Waals surface area contributed by atoms with Crippen LogP contribution in [0.2, 0.25) is 0 Å². The molecular formula is C10H9FN4O4S2. The smallest absolute Gasteiger partial charge is 0.258 e. The van der Waals surface area contributed by atoms with E-state index in [1.54, 1.807) is 6.92 Å². The van der Waals surface area contributed by atoms with Crippen molar-refractivity contribution < 1.29 is 17.7 Å². The highest BCUT2D eigenvalue weighted by molar-refractivity contribution is 7.93. The summed E-state index contributed by atoms with van der Waals surface area (Å²) in [4.78, 5) is 13.2. The third kappa shape index (κ3) is 3.13. The van der Waals surface area contributed by atoms with Gasteiger partial charge in [-0.2, -0.15) is 8.76 Å². The SMILES string of the molecule is Cc1nsc(NS(=O)(=O)c2cc([N+](=O)[O-])c(F)cc2C)n1. The van der Waals surface area contributed by atoms with E-state index in [0.29, 0.717) is 11.9 Å². The van der Waals surface area contributed by atoms with Crippen molar-refractivity contribution in [2.45, 2.75) is 18.7 Å². The fraction of sp³-hybridized carbons (Fsp3) is 0.200. The average molecular weight is 332 g/mol. The summed E-state index contributed by atoms with van der Waals surface area (Å²) in [6.45, 7) is 2.93. The minimum atomic E-state index is -4.12. The molecule has 0 aliphatic heterocycles. The first-order chi connectivity index (χ1) is 9.70. The summed E-state index contributed by atoms with van der Waals surface area (Å²) in [5.74, 6) is -0.706. The van der Waals surface area contributed by atoms with Crippen LogP contribution in [0.15, 0.2) is 17.0 Å². The largest absolute Gasteiger partial charge is 0.306 e. The van der Waals surface area contributed by atoms with E-state index in [0.717, 1.165) is 17.6 Å². The van der Waals surface area contributed by atoms with Gasteiger partial charge < -0.3 is 0 Å². The maximum Gasteiger partial charge on any atom is 0.306 e. The number of nitrogens with one attached hydrogen (secondary N) is 1. The number of aromatic nitrogens is 2. The summed E-state index contributed by atoms with van der Waals surface area (Å²) in [5.41, 5.74) is -0.860. The van der Waals surface area contributed by atoms with Crippen LogP contribution in [0.3, 0.4) is 0 Å². The van der Waals surface area contributed by atoms with E-state index >= 15 is 0 Å². The molecule has 0 spiro atoms. The van der Waals surface area contributed by atoms with Crippen LogP contribution >= 0.6 is 11.5 Å². The number of nitro benzene ring substituents is 1. The lowest BCUT2D eigenvalue weighted by Crippen LogP contribution is -2.15. The lowest BCUT2D eigenvalue weighted by Gasteiger charge is -2.08. The quantitative estimate of drug-likeness (QED) is 0.676. The van der Waals surface area contributed by atoms with Gasteiger partial charge in [0.25, 0.3) is 10.0 Å². The second-order valence-electron chi connectivity index (χ2n) is 4.08. The van der Waals surface area contributed by atoms with Crippen molar-refractivity contribution in [1.82, 2.24) is 9.36 Å². The number of hydrogen-bond donors (Lipinski definition) is 1. The first kappa shape index (κ1) is 15.3. The molecule has 1 aromatic carbocycles. The number of sulfonamides is 1. The molecule has 1 aromatic heterocycles. The van der Waals surface area contributed by atoms with Gasteiger partial charge in [0.2, 0.25) is 10.9 Å². The fourth-order valence-corrected chi connectivity index (χ4v) is 3.63. The first-order valence-corrected chi connectivity index (χ1v) is 7.74. The molecule has 1 N–H and O–H groups in total. The highest BCUT2D eigenvalue weighted by Gasteiger charge is 2.25. The van der Waals surface area contributed by atoms with Gasteiger partial charge >= 0.3 is 5.69 Å². The van der Waals surface area contributed by atoms with Crippen molar-refractivity contribution in [1.29, 1.82) is 0 Å². The molecule has 2 aromatic rings. The summed E-state index contributed by atoms with van der Waals surface area (Å²) >= 11 is 0.831. The highest BCUT2D eigenvalue weighted by Crippen LogP contribution is 2.27. The first-order valence-electron chi connectivity index (χ1n) is 5.48. The van der Waals surface area contributed by atoms with Crippen LogP contribution in [-0.2, 0) is 10.0 Å². The van der Waals surface area contributed by atoms with E-state index in [9.17, 15) is 22.9 Å². The molecule has 11 heteroatoms. The number of halogens is 1. The van der Waals surface area contributed by atoms with Crippen LogP contribution in [0, 0.1) is 29.8 Å². The monoisotopic (exact) mass is 332 g/mol. The Bertz CT molecular complexity index is 818. The van der Waals surface area contributed by atoms with Gasteiger partial charge in [-0.05, 0) is 25.5 Å². The second kappa shape index (κ2) is 5.33. The molecule has 1 heterocycles. The second-order valence-corrected chi connectivity index (χ2v) is 6.48. The molecule has 8 nitrogen and oxygen atoms in total. The van der Waals surface area contributed by atoms with Gasteiger partial charge in [-0.25, -0.2) is 13.4 Å². The third-order valence-electron chi connectivity index (χ3n) is 2.48. The highest BCUT2D eigenvalue weighted by atomic mass is 32.2. The average Bonchev–Trinajstić information content (AvgIpc) is 2.72. The van der Waals surface area contributed by atoms with Gasteiger partial charge in [0.05, 0.1) is 9.82 Å². The van der Waals surface area contributed by atoms with Crippen LogP contribution in [0.1, 0.15) is 11.4 Å². The molecule has 0 amide bonds. The summed E-state index contributed by atoms with van der Waals surface area (Å²) in [5, 5.41) is 10.7. The van der Waals surface area contributed by atoms with E-state index in [1.807, 2.05) is 0 Å². The lowest BCUT2D eigenvalue weighted by molar-refractivity contribution is -0.387. The number of benzene rings is 1. The van der Waals surface area contributed by atoms with Gasteiger partial charge in [0.15, 0.2) is 0 Å². The molecule has 112 valence electrons. The Hall–Kier alpha value is -2.14. The van der Waals surface area contributed by atoms with E-state index in [1.165, 1.54) is 6.92 Å². The summed E-state index contributed by atoms with van der Waals surface area (Å²) in [7, 11) is -4.12. The molecule has 0 fully saturated rings. The van der Waals surface area contributed by atoms with Crippen molar-refractivity contribution in [2.24, 2.45) is 0 Å². The number of nitrogens with zero attached hydrogens (tertiary/aromatic N) is 3. The zero-order chi connectivity index (χ0) is 15.8. The minimum Gasteiger partial charge on any atom is -0.258 e. The molecule has 0 atom stereocenters. The van der Waals surface area contributed by atoms with Crippen LogP contribution in [-0.4, -0.2) is 22.7 Å². The molecule has 2 rings (SSSR count). The topological polar surface area (TPSA) is 115 Å². The Morgan fingerprint density at radius 3 is 2.57 bits per heavy atom. The van der Waals surface area contributed by atoms with Crippen LogP contribution in [0.4, 0.5) is 15.2 Å². The molecule has 0 saturated heterocycles. The van der Waals surface area contributed by atoms with Crippen molar-refractivity contribution in [3.8, 4) is 0 Å². The Balaban J connectivity index is 2.49. The summed E-state index contributed by atoms with van der Waals surface area (Å²) in [6, 6.07) is 1.49. The van der Waals surface area contributed by atoms with Gasteiger partial charge in [-0.1, -0.05) is 0 Å². The molecule has 0 radical (unpaired) electrons. The zero-order valence-electron chi connectivity index (χ0n) is 10.8. The van der Waals surface area contributed by atoms with Gasteiger partial charge in [0, 0.05) is 17.6 Å². The van der Waals surface area contributed by atoms with Crippen molar-refractivity contribution in [2.75, 3.05) is 4.72 Å². The van der Waals surface area contributed by atoms with Gasteiger partial charge in [-0.3, -0.25) is 14.8 Å². The van der Waals surface area contributed by atoms with Crippen LogP contribution < -0.4 is 4.72 Å². The number of anilines is 1. The predicted octanol–water partition coefficient (Wildman–Crippen LogP) is 2.00.